The molecule has 0 saturated carbocycles. The number of benzene rings is 2. The first-order chi connectivity index (χ1) is 15.6. The van der Waals surface area contributed by atoms with Crippen molar-refractivity contribution < 1.29 is 19.1 Å². The van der Waals surface area contributed by atoms with Crippen LogP contribution in [0.3, 0.4) is 0 Å². The molecule has 0 unspecified atom stereocenters. The number of nitrogens with zero attached hydrogens (tertiary/aromatic N) is 1. The second-order valence-electron chi connectivity index (χ2n) is 7.54. The maximum Gasteiger partial charge on any atom is 0.323 e. The second kappa shape index (κ2) is 12.0. The lowest BCUT2D eigenvalue weighted by Gasteiger charge is -2.30. The molecule has 3 amide bonds. The van der Waals surface area contributed by atoms with Crippen LogP contribution in [0.25, 0.3) is 0 Å². The zero-order valence-corrected chi connectivity index (χ0v) is 18.8. The summed E-state index contributed by atoms with van der Waals surface area (Å²) in [5.74, 6) is 0.414. The molecule has 8 heteroatoms. The zero-order valence-electron chi connectivity index (χ0n) is 18.8. The highest BCUT2D eigenvalue weighted by Crippen LogP contribution is 2.28. The number of hydrogen-bond acceptors (Lipinski definition) is 5. The smallest absolute Gasteiger partial charge is 0.323 e. The molecule has 0 aliphatic carbocycles. The lowest BCUT2D eigenvalue weighted by atomic mass is 10.1. The van der Waals surface area contributed by atoms with Crippen LogP contribution in [-0.2, 0) is 4.74 Å². The molecule has 1 heterocycles. The molecule has 8 nitrogen and oxygen atoms in total. The second-order valence-corrected chi connectivity index (χ2v) is 7.54. The summed E-state index contributed by atoms with van der Waals surface area (Å²) in [6.45, 7) is 5.07. The molecule has 1 fully saturated rings. The summed E-state index contributed by atoms with van der Waals surface area (Å²) in [7, 11) is 1.60. The van der Waals surface area contributed by atoms with Crippen LogP contribution in [0, 0.1) is 0 Å². The van der Waals surface area contributed by atoms with E-state index in [9.17, 15) is 9.59 Å². The molecule has 0 spiro atoms. The fourth-order valence-corrected chi connectivity index (χ4v) is 3.70. The standard InChI is InChI=1S/C24H32N4O4/c1-3-32-22-10-6-5-9-20(22)27-24(30)26-18-11-12-21(28-14-7-4-8-15-28)19(17-18)23(29)25-13-16-31-2/h5-6,9-12,17H,3-4,7-8,13-16H2,1-2H3,(H,25,29)(H2,26,27,30). The minimum atomic E-state index is -0.409. The van der Waals surface area contributed by atoms with Gasteiger partial charge in [0.05, 0.1) is 24.5 Å². The van der Waals surface area contributed by atoms with Crippen molar-refractivity contribution in [2.45, 2.75) is 26.2 Å². The lowest BCUT2D eigenvalue weighted by Crippen LogP contribution is -2.33. The molecule has 1 saturated heterocycles. The SMILES string of the molecule is CCOc1ccccc1NC(=O)Nc1ccc(N2CCCCC2)c(C(=O)NCCOC)c1. The van der Waals surface area contributed by atoms with E-state index in [-0.39, 0.29) is 5.91 Å². The fourth-order valence-electron chi connectivity index (χ4n) is 3.70. The molecule has 1 aliphatic rings. The molecule has 0 bridgehead atoms. The van der Waals surface area contributed by atoms with Crippen LogP contribution in [-0.4, -0.2) is 51.9 Å². The van der Waals surface area contributed by atoms with Gasteiger partial charge in [0.1, 0.15) is 5.75 Å². The number of nitrogens with one attached hydrogen (secondary N) is 3. The number of methoxy groups -OCH3 is 1. The van der Waals surface area contributed by atoms with E-state index in [1.807, 2.05) is 31.2 Å². The average Bonchev–Trinajstić information content (AvgIpc) is 2.81. The minimum absolute atomic E-state index is 0.187. The van der Waals surface area contributed by atoms with Gasteiger partial charge in [0.2, 0.25) is 0 Å². The summed E-state index contributed by atoms with van der Waals surface area (Å²) in [5.41, 5.74) is 2.53. The van der Waals surface area contributed by atoms with Gasteiger partial charge in [-0.25, -0.2) is 4.79 Å². The number of urea groups is 1. The summed E-state index contributed by atoms with van der Waals surface area (Å²) in [6.07, 6.45) is 3.41. The molecule has 2 aromatic rings. The number of amides is 3. The Kier molecular flexibility index (Phi) is 8.74. The van der Waals surface area contributed by atoms with Gasteiger partial charge in [0.15, 0.2) is 0 Å². The van der Waals surface area contributed by atoms with Gasteiger partial charge in [-0.3, -0.25) is 4.79 Å². The van der Waals surface area contributed by atoms with Crippen LogP contribution in [0.1, 0.15) is 36.5 Å². The minimum Gasteiger partial charge on any atom is -0.492 e. The summed E-state index contributed by atoms with van der Waals surface area (Å²) in [4.78, 5) is 27.7. The monoisotopic (exact) mass is 440 g/mol. The third-order valence-electron chi connectivity index (χ3n) is 5.22. The van der Waals surface area contributed by atoms with E-state index in [0.29, 0.717) is 42.4 Å². The molecule has 2 aromatic carbocycles. The van der Waals surface area contributed by atoms with Crippen molar-refractivity contribution in [2.75, 3.05) is 55.5 Å². The molecule has 0 aromatic heterocycles. The summed E-state index contributed by atoms with van der Waals surface area (Å²) in [5, 5.41) is 8.52. The maximum absolute atomic E-state index is 12.9. The van der Waals surface area contributed by atoms with Crippen molar-refractivity contribution in [3.8, 4) is 5.75 Å². The number of para-hydroxylation sites is 2. The summed E-state index contributed by atoms with van der Waals surface area (Å²) < 4.78 is 10.6. The Balaban J connectivity index is 1.76. The van der Waals surface area contributed by atoms with Crippen molar-refractivity contribution in [1.82, 2.24) is 5.32 Å². The topological polar surface area (TPSA) is 91.9 Å². The van der Waals surface area contributed by atoms with Gasteiger partial charge >= 0.3 is 6.03 Å². The Morgan fingerprint density at radius 1 is 1.03 bits per heavy atom. The largest absolute Gasteiger partial charge is 0.492 e. The predicted octanol–water partition coefficient (Wildman–Crippen LogP) is 4.10. The van der Waals surface area contributed by atoms with Crippen LogP contribution in [0.2, 0.25) is 0 Å². The summed E-state index contributed by atoms with van der Waals surface area (Å²) in [6, 6.07) is 12.3. The number of ether oxygens (including phenoxy) is 2. The van der Waals surface area contributed by atoms with E-state index >= 15 is 0 Å². The van der Waals surface area contributed by atoms with Gasteiger partial charge in [-0.2, -0.15) is 0 Å². The van der Waals surface area contributed by atoms with Gasteiger partial charge in [-0.15, -0.1) is 0 Å². The van der Waals surface area contributed by atoms with E-state index in [2.05, 4.69) is 20.9 Å². The third-order valence-corrected chi connectivity index (χ3v) is 5.22. The molecule has 3 N–H and O–H groups in total. The maximum atomic E-state index is 12.9. The molecule has 172 valence electrons. The molecule has 1 aliphatic heterocycles. The number of carbonyl (C=O) groups excluding carboxylic acids is 2. The molecule has 3 rings (SSSR count). The average molecular weight is 441 g/mol. The third kappa shape index (κ3) is 6.37. The van der Waals surface area contributed by atoms with E-state index in [4.69, 9.17) is 9.47 Å². The van der Waals surface area contributed by atoms with Crippen LogP contribution < -0.4 is 25.6 Å². The van der Waals surface area contributed by atoms with Gasteiger partial charge in [-0.1, -0.05) is 12.1 Å². The fraction of sp³-hybridized carbons (Fsp3) is 0.417. The highest BCUT2D eigenvalue weighted by Gasteiger charge is 2.20. The molecule has 0 atom stereocenters. The Hall–Kier alpha value is -3.26. The van der Waals surface area contributed by atoms with Gasteiger partial charge in [-0.05, 0) is 56.5 Å². The Morgan fingerprint density at radius 3 is 2.56 bits per heavy atom. The normalized spacial score (nSPS) is 13.4. The first-order valence-electron chi connectivity index (χ1n) is 11.1. The number of hydrogen-bond donors (Lipinski definition) is 3. The van der Waals surface area contributed by atoms with Crippen LogP contribution in [0.4, 0.5) is 21.9 Å². The quantitative estimate of drug-likeness (QED) is 0.511. The first kappa shape index (κ1) is 23.4. The van der Waals surface area contributed by atoms with Crippen molar-refractivity contribution in [3.63, 3.8) is 0 Å². The van der Waals surface area contributed by atoms with Gasteiger partial charge in [0.25, 0.3) is 5.91 Å². The van der Waals surface area contributed by atoms with Crippen molar-refractivity contribution in [3.05, 3.63) is 48.0 Å². The van der Waals surface area contributed by atoms with Crippen LogP contribution in [0.5, 0.6) is 5.75 Å². The first-order valence-corrected chi connectivity index (χ1v) is 11.1. The van der Waals surface area contributed by atoms with Gasteiger partial charge < -0.3 is 30.3 Å². The van der Waals surface area contributed by atoms with Crippen molar-refractivity contribution >= 4 is 29.0 Å². The Bertz CT molecular complexity index is 913. The number of rotatable bonds is 9. The van der Waals surface area contributed by atoms with Crippen molar-refractivity contribution in [1.29, 1.82) is 0 Å². The zero-order chi connectivity index (χ0) is 22.8. The van der Waals surface area contributed by atoms with Gasteiger partial charge in [0, 0.05) is 38.1 Å². The molecular formula is C24H32N4O4. The Labute approximate surface area is 189 Å². The number of anilines is 3. The number of carbonyl (C=O) groups is 2. The van der Waals surface area contributed by atoms with Crippen LogP contribution >= 0.6 is 0 Å². The van der Waals surface area contributed by atoms with Crippen molar-refractivity contribution in [2.24, 2.45) is 0 Å². The van der Waals surface area contributed by atoms with E-state index in [1.165, 1.54) is 6.42 Å². The van der Waals surface area contributed by atoms with E-state index in [0.717, 1.165) is 31.6 Å². The van der Waals surface area contributed by atoms with E-state index in [1.54, 1.807) is 25.3 Å². The van der Waals surface area contributed by atoms with E-state index < -0.39 is 6.03 Å². The number of piperidine rings is 1. The summed E-state index contributed by atoms with van der Waals surface area (Å²) >= 11 is 0. The highest BCUT2D eigenvalue weighted by atomic mass is 16.5. The molecule has 32 heavy (non-hydrogen) atoms. The predicted molar refractivity (Wildman–Crippen MR) is 127 cm³/mol. The van der Waals surface area contributed by atoms with Crippen LogP contribution in [0.15, 0.2) is 42.5 Å². The molecule has 0 radical (unpaired) electrons. The Morgan fingerprint density at radius 2 is 1.81 bits per heavy atom. The molecular weight excluding hydrogens is 408 g/mol. The highest BCUT2D eigenvalue weighted by molar-refractivity contribution is 6.04. The lowest BCUT2D eigenvalue weighted by molar-refractivity contribution is 0.0937.